The van der Waals surface area contributed by atoms with Gasteiger partial charge in [-0.2, -0.15) is 0 Å². The number of carboxylic acids is 1. The maximum atomic E-state index is 10.9. The van der Waals surface area contributed by atoms with Gasteiger partial charge in [-0.05, 0) is 31.5 Å². The average Bonchev–Trinajstić information content (AvgIpc) is 2.55. The van der Waals surface area contributed by atoms with E-state index in [0.29, 0.717) is 5.82 Å². The molecule has 0 bridgehead atoms. The van der Waals surface area contributed by atoms with Crippen molar-refractivity contribution in [3.05, 3.63) is 29.6 Å². The van der Waals surface area contributed by atoms with Crippen LogP contribution in [-0.4, -0.2) is 20.6 Å². The second kappa shape index (κ2) is 3.63. The molecule has 4 nitrogen and oxygen atoms in total. The Morgan fingerprint density at radius 2 is 2.19 bits per heavy atom. The van der Waals surface area contributed by atoms with Gasteiger partial charge in [-0.3, -0.25) is 4.79 Å². The largest absolute Gasteiger partial charge is 0.481 e. The number of nitrogens with zero attached hydrogens (tertiary/aromatic N) is 2. The average molecular weight is 218 g/mol. The van der Waals surface area contributed by atoms with Crippen LogP contribution in [0.5, 0.6) is 0 Å². The third kappa shape index (κ3) is 1.56. The second-order valence-corrected chi connectivity index (χ2v) is 4.08. The van der Waals surface area contributed by atoms with Crippen LogP contribution in [0.2, 0.25) is 0 Å². The van der Waals surface area contributed by atoms with Crippen molar-refractivity contribution in [3.63, 3.8) is 0 Å². The summed E-state index contributed by atoms with van der Waals surface area (Å²) >= 11 is 0. The molecule has 16 heavy (non-hydrogen) atoms. The topological polar surface area (TPSA) is 55.1 Å². The van der Waals surface area contributed by atoms with Crippen molar-refractivity contribution in [3.8, 4) is 0 Å². The Morgan fingerprint density at radius 3 is 2.81 bits per heavy atom. The van der Waals surface area contributed by atoms with Gasteiger partial charge in [0.05, 0.1) is 11.0 Å². The molecule has 1 aromatic heterocycles. The molecule has 1 N–H and O–H groups in total. The van der Waals surface area contributed by atoms with E-state index in [-0.39, 0.29) is 0 Å². The van der Waals surface area contributed by atoms with E-state index in [0.717, 1.165) is 16.6 Å². The summed E-state index contributed by atoms with van der Waals surface area (Å²) in [7, 11) is 1.85. The van der Waals surface area contributed by atoms with E-state index >= 15 is 0 Å². The molecule has 0 saturated heterocycles. The van der Waals surface area contributed by atoms with Gasteiger partial charge in [0.15, 0.2) is 0 Å². The molecule has 2 aromatic rings. The van der Waals surface area contributed by atoms with E-state index in [1.54, 1.807) is 6.92 Å². The zero-order valence-corrected chi connectivity index (χ0v) is 9.56. The monoisotopic (exact) mass is 218 g/mol. The fraction of sp³-hybridized carbons (Fsp3) is 0.333. The molecule has 84 valence electrons. The van der Waals surface area contributed by atoms with Crippen molar-refractivity contribution < 1.29 is 9.90 Å². The molecule has 4 heteroatoms. The van der Waals surface area contributed by atoms with Gasteiger partial charge in [0, 0.05) is 7.05 Å². The Kier molecular flexibility index (Phi) is 2.42. The second-order valence-electron chi connectivity index (χ2n) is 4.08. The summed E-state index contributed by atoms with van der Waals surface area (Å²) in [5.41, 5.74) is 2.96. The first-order chi connectivity index (χ1) is 7.50. The molecule has 0 fully saturated rings. The normalized spacial score (nSPS) is 12.9. The van der Waals surface area contributed by atoms with Crippen LogP contribution in [0, 0.1) is 6.92 Å². The third-order valence-electron chi connectivity index (χ3n) is 2.83. The van der Waals surface area contributed by atoms with Crippen LogP contribution in [0.3, 0.4) is 0 Å². The maximum Gasteiger partial charge on any atom is 0.313 e. The lowest BCUT2D eigenvalue weighted by atomic mass is 10.2. The lowest BCUT2D eigenvalue weighted by Gasteiger charge is -2.06. The number of fused-ring (bicyclic) bond motifs is 1. The number of benzene rings is 1. The number of carbonyl (C=O) groups is 1. The minimum atomic E-state index is -0.852. The Bertz CT molecular complexity index is 557. The van der Waals surface area contributed by atoms with Crippen molar-refractivity contribution >= 4 is 17.0 Å². The van der Waals surface area contributed by atoms with E-state index in [9.17, 15) is 4.79 Å². The lowest BCUT2D eigenvalue weighted by molar-refractivity contribution is -0.138. The quantitative estimate of drug-likeness (QED) is 0.839. The number of aromatic nitrogens is 2. The molecule has 0 amide bonds. The summed E-state index contributed by atoms with van der Waals surface area (Å²) in [5.74, 6) is -0.846. The molecular weight excluding hydrogens is 204 g/mol. The van der Waals surface area contributed by atoms with Gasteiger partial charge < -0.3 is 9.67 Å². The first-order valence-corrected chi connectivity index (χ1v) is 5.16. The van der Waals surface area contributed by atoms with Crippen LogP contribution in [0.15, 0.2) is 18.2 Å². The highest BCUT2D eigenvalue weighted by atomic mass is 16.4. The summed E-state index contributed by atoms with van der Waals surface area (Å²) < 4.78 is 1.85. The highest BCUT2D eigenvalue weighted by molar-refractivity contribution is 5.80. The predicted molar refractivity (Wildman–Crippen MR) is 61.5 cm³/mol. The van der Waals surface area contributed by atoms with Crippen LogP contribution in [0.25, 0.3) is 11.0 Å². The van der Waals surface area contributed by atoms with E-state index in [4.69, 9.17) is 5.11 Å². The summed E-state index contributed by atoms with van der Waals surface area (Å²) in [6, 6.07) is 5.91. The van der Waals surface area contributed by atoms with Gasteiger partial charge in [0.25, 0.3) is 0 Å². The van der Waals surface area contributed by atoms with Crippen molar-refractivity contribution in [2.45, 2.75) is 19.8 Å². The molecule has 1 heterocycles. The van der Waals surface area contributed by atoms with Crippen LogP contribution in [0.4, 0.5) is 0 Å². The molecule has 1 atom stereocenters. The van der Waals surface area contributed by atoms with Gasteiger partial charge in [-0.15, -0.1) is 0 Å². The number of aryl methyl sites for hydroxylation is 2. The number of aliphatic carboxylic acids is 1. The van der Waals surface area contributed by atoms with Crippen LogP contribution in [-0.2, 0) is 11.8 Å². The minimum Gasteiger partial charge on any atom is -0.481 e. The zero-order chi connectivity index (χ0) is 11.9. The minimum absolute atomic E-state index is 0.585. The highest BCUT2D eigenvalue weighted by Crippen LogP contribution is 2.21. The Labute approximate surface area is 93.5 Å². The van der Waals surface area contributed by atoms with E-state index in [1.807, 2.05) is 36.7 Å². The van der Waals surface area contributed by atoms with Crippen LogP contribution < -0.4 is 0 Å². The summed E-state index contributed by atoms with van der Waals surface area (Å²) in [5, 5.41) is 8.99. The standard InChI is InChI=1S/C12H14N2O2/c1-7-4-5-9-10(6-7)14(3)11(13-9)8(2)12(15)16/h4-6,8H,1-3H3,(H,15,16). The molecule has 0 aliphatic carbocycles. The van der Waals surface area contributed by atoms with Crippen molar-refractivity contribution in [1.82, 2.24) is 9.55 Å². The zero-order valence-electron chi connectivity index (χ0n) is 9.56. The highest BCUT2D eigenvalue weighted by Gasteiger charge is 2.20. The third-order valence-corrected chi connectivity index (χ3v) is 2.83. The van der Waals surface area contributed by atoms with Crippen molar-refractivity contribution in [2.24, 2.45) is 7.05 Å². The number of hydrogen-bond acceptors (Lipinski definition) is 2. The summed E-state index contributed by atoms with van der Waals surface area (Å²) in [6.45, 7) is 3.66. The fourth-order valence-electron chi connectivity index (χ4n) is 1.82. The van der Waals surface area contributed by atoms with Gasteiger partial charge in [0.2, 0.25) is 0 Å². The van der Waals surface area contributed by atoms with Gasteiger partial charge in [-0.25, -0.2) is 4.98 Å². The van der Waals surface area contributed by atoms with Crippen LogP contribution >= 0.6 is 0 Å². The molecular formula is C12H14N2O2. The van der Waals surface area contributed by atoms with E-state index < -0.39 is 11.9 Å². The smallest absolute Gasteiger partial charge is 0.313 e. The number of hydrogen-bond donors (Lipinski definition) is 1. The molecule has 0 aliphatic rings. The number of carboxylic acid groups (broad SMARTS) is 1. The molecule has 1 unspecified atom stereocenters. The SMILES string of the molecule is Cc1ccc2nc(C(C)C(=O)O)n(C)c2c1. The van der Waals surface area contributed by atoms with Gasteiger partial charge in [0.1, 0.15) is 11.7 Å². The predicted octanol–water partition coefficient (Wildman–Crippen LogP) is 2.07. The van der Waals surface area contributed by atoms with Crippen molar-refractivity contribution in [2.75, 3.05) is 0 Å². The Balaban J connectivity index is 2.64. The number of imidazole rings is 1. The summed E-state index contributed by atoms with van der Waals surface area (Å²) in [6.07, 6.45) is 0. The first-order valence-electron chi connectivity index (χ1n) is 5.16. The molecule has 0 spiro atoms. The molecule has 0 radical (unpaired) electrons. The van der Waals surface area contributed by atoms with E-state index in [2.05, 4.69) is 4.98 Å². The van der Waals surface area contributed by atoms with Crippen LogP contribution in [0.1, 0.15) is 24.2 Å². The summed E-state index contributed by atoms with van der Waals surface area (Å²) in [4.78, 5) is 15.3. The number of rotatable bonds is 2. The van der Waals surface area contributed by atoms with Gasteiger partial charge >= 0.3 is 5.97 Å². The molecule has 0 saturated carbocycles. The molecule has 1 aromatic carbocycles. The van der Waals surface area contributed by atoms with Crippen molar-refractivity contribution in [1.29, 1.82) is 0 Å². The fourth-order valence-corrected chi connectivity index (χ4v) is 1.82. The maximum absolute atomic E-state index is 10.9. The lowest BCUT2D eigenvalue weighted by Crippen LogP contribution is -2.12. The molecule has 2 rings (SSSR count). The first kappa shape index (κ1) is 10.7. The van der Waals surface area contributed by atoms with Gasteiger partial charge in [-0.1, -0.05) is 6.07 Å². The Morgan fingerprint density at radius 1 is 1.50 bits per heavy atom. The Hall–Kier alpha value is -1.84. The molecule has 0 aliphatic heterocycles. The van der Waals surface area contributed by atoms with E-state index in [1.165, 1.54) is 0 Å².